The third-order valence-electron chi connectivity index (χ3n) is 2.39. The van der Waals surface area contributed by atoms with Crippen molar-refractivity contribution in [3.8, 4) is 11.1 Å². The van der Waals surface area contributed by atoms with Crippen molar-refractivity contribution in [3.63, 3.8) is 0 Å². The zero-order chi connectivity index (χ0) is 12.4. The molecule has 0 radical (unpaired) electrons. The minimum absolute atomic E-state index is 0.00303. The van der Waals surface area contributed by atoms with Crippen LogP contribution >= 0.6 is 23.2 Å². The van der Waals surface area contributed by atoms with Gasteiger partial charge in [0.05, 0.1) is 5.56 Å². The molecule has 0 aliphatic carbocycles. The van der Waals surface area contributed by atoms with Gasteiger partial charge in [-0.1, -0.05) is 41.4 Å². The molecule has 4 heteroatoms. The van der Waals surface area contributed by atoms with E-state index in [1.165, 1.54) is 12.1 Å². The molecule has 2 aromatic carbocycles. The van der Waals surface area contributed by atoms with Crippen molar-refractivity contribution in [2.45, 2.75) is 0 Å². The minimum atomic E-state index is -0.566. The van der Waals surface area contributed by atoms with Crippen molar-refractivity contribution in [1.29, 1.82) is 0 Å². The average Bonchev–Trinajstić information content (AvgIpc) is 2.29. The number of carbonyl (C=O) groups is 1. The van der Waals surface area contributed by atoms with Crippen molar-refractivity contribution >= 4 is 29.5 Å². The van der Waals surface area contributed by atoms with E-state index in [-0.39, 0.29) is 5.56 Å². The Hall–Kier alpha value is -1.38. The SMILES string of the molecule is O=Cc1c(F)cccc1-c1ccc(Cl)cc1Cl. The number of hydrogen-bond donors (Lipinski definition) is 0. The summed E-state index contributed by atoms with van der Waals surface area (Å²) < 4.78 is 13.4. The van der Waals surface area contributed by atoms with E-state index in [0.29, 0.717) is 27.5 Å². The molecule has 0 atom stereocenters. The smallest absolute Gasteiger partial charge is 0.153 e. The molecule has 2 rings (SSSR count). The first-order valence-electron chi connectivity index (χ1n) is 4.82. The summed E-state index contributed by atoms with van der Waals surface area (Å²) in [5.74, 6) is -0.566. The molecule has 0 saturated heterocycles. The second-order valence-electron chi connectivity index (χ2n) is 3.44. The van der Waals surface area contributed by atoms with Crippen molar-refractivity contribution in [3.05, 3.63) is 57.8 Å². The predicted octanol–water partition coefficient (Wildman–Crippen LogP) is 4.61. The number of carbonyl (C=O) groups excluding carboxylic acids is 1. The molecule has 0 amide bonds. The molecule has 0 heterocycles. The summed E-state index contributed by atoms with van der Waals surface area (Å²) in [6.45, 7) is 0. The monoisotopic (exact) mass is 268 g/mol. The molecule has 0 aromatic heterocycles. The first-order valence-corrected chi connectivity index (χ1v) is 5.58. The van der Waals surface area contributed by atoms with Gasteiger partial charge in [0.2, 0.25) is 0 Å². The number of aldehydes is 1. The van der Waals surface area contributed by atoms with Gasteiger partial charge in [-0.15, -0.1) is 0 Å². The fourth-order valence-corrected chi connectivity index (χ4v) is 2.11. The van der Waals surface area contributed by atoms with Gasteiger partial charge in [-0.25, -0.2) is 4.39 Å². The number of rotatable bonds is 2. The summed E-state index contributed by atoms with van der Waals surface area (Å²) >= 11 is 11.8. The van der Waals surface area contributed by atoms with Crippen molar-refractivity contribution in [2.24, 2.45) is 0 Å². The number of halogens is 3. The van der Waals surface area contributed by atoms with Gasteiger partial charge in [-0.3, -0.25) is 4.79 Å². The van der Waals surface area contributed by atoms with E-state index >= 15 is 0 Å². The van der Waals surface area contributed by atoms with Crippen molar-refractivity contribution in [2.75, 3.05) is 0 Å². The van der Waals surface area contributed by atoms with E-state index in [1.54, 1.807) is 24.3 Å². The molecule has 0 spiro atoms. The van der Waals surface area contributed by atoms with Crippen LogP contribution in [0.25, 0.3) is 11.1 Å². The maximum absolute atomic E-state index is 13.4. The average molecular weight is 269 g/mol. The lowest BCUT2D eigenvalue weighted by molar-refractivity contribution is 0.112. The summed E-state index contributed by atoms with van der Waals surface area (Å²) in [4.78, 5) is 10.9. The van der Waals surface area contributed by atoms with Crippen LogP contribution in [0, 0.1) is 5.82 Å². The van der Waals surface area contributed by atoms with Crippen molar-refractivity contribution in [1.82, 2.24) is 0 Å². The van der Waals surface area contributed by atoms with Crippen molar-refractivity contribution < 1.29 is 9.18 Å². The molecule has 2 aromatic rings. The van der Waals surface area contributed by atoms with E-state index in [1.807, 2.05) is 0 Å². The van der Waals surface area contributed by atoms with Crippen LogP contribution in [0.3, 0.4) is 0 Å². The Morgan fingerprint density at radius 2 is 1.82 bits per heavy atom. The number of hydrogen-bond acceptors (Lipinski definition) is 1. The number of benzene rings is 2. The Balaban J connectivity index is 2.68. The van der Waals surface area contributed by atoms with Crippen LogP contribution in [0.15, 0.2) is 36.4 Å². The Morgan fingerprint density at radius 3 is 2.47 bits per heavy atom. The Labute approximate surface area is 108 Å². The molecule has 0 aliphatic rings. The van der Waals surface area contributed by atoms with E-state index in [2.05, 4.69) is 0 Å². The topological polar surface area (TPSA) is 17.1 Å². The van der Waals surface area contributed by atoms with Gasteiger partial charge >= 0.3 is 0 Å². The van der Waals surface area contributed by atoms with Gasteiger partial charge in [0.25, 0.3) is 0 Å². The lowest BCUT2D eigenvalue weighted by Crippen LogP contribution is -1.92. The summed E-state index contributed by atoms with van der Waals surface area (Å²) in [5.41, 5.74) is 1.04. The summed E-state index contributed by atoms with van der Waals surface area (Å²) in [7, 11) is 0. The van der Waals surface area contributed by atoms with E-state index in [4.69, 9.17) is 23.2 Å². The van der Waals surface area contributed by atoms with Crippen LogP contribution in [0.5, 0.6) is 0 Å². The maximum atomic E-state index is 13.4. The molecule has 0 N–H and O–H groups in total. The Bertz CT molecular complexity index is 582. The molecule has 0 unspecified atom stereocenters. The Morgan fingerprint density at radius 1 is 1.06 bits per heavy atom. The highest BCUT2D eigenvalue weighted by Gasteiger charge is 2.12. The fraction of sp³-hybridized carbons (Fsp3) is 0. The molecule has 1 nitrogen and oxygen atoms in total. The Kier molecular flexibility index (Phi) is 3.46. The highest BCUT2D eigenvalue weighted by atomic mass is 35.5. The summed E-state index contributed by atoms with van der Waals surface area (Å²) in [5, 5.41) is 0.869. The predicted molar refractivity (Wildman–Crippen MR) is 67.2 cm³/mol. The second kappa shape index (κ2) is 4.86. The zero-order valence-corrected chi connectivity index (χ0v) is 10.1. The first kappa shape index (κ1) is 12.1. The van der Waals surface area contributed by atoms with E-state index in [0.717, 1.165) is 0 Å². The summed E-state index contributed by atoms with van der Waals surface area (Å²) in [6, 6.07) is 9.26. The molecule has 0 aliphatic heterocycles. The van der Waals surface area contributed by atoms with Crippen LogP contribution in [0.4, 0.5) is 4.39 Å². The third kappa shape index (κ3) is 2.33. The minimum Gasteiger partial charge on any atom is -0.298 e. The van der Waals surface area contributed by atoms with Gasteiger partial charge in [0.1, 0.15) is 5.82 Å². The quantitative estimate of drug-likeness (QED) is 0.727. The lowest BCUT2D eigenvalue weighted by atomic mass is 10.00. The molecule has 0 fully saturated rings. The third-order valence-corrected chi connectivity index (χ3v) is 2.94. The van der Waals surface area contributed by atoms with Gasteiger partial charge in [-0.05, 0) is 23.8 Å². The molecular formula is C13H7Cl2FO. The standard InChI is InChI=1S/C13H7Cl2FO/c14-8-4-5-10(12(15)6-8)9-2-1-3-13(16)11(9)7-17/h1-7H. The summed E-state index contributed by atoms with van der Waals surface area (Å²) in [6.07, 6.45) is 0.482. The molecule has 86 valence electrons. The first-order chi connectivity index (χ1) is 8.13. The second-order valence-corrected chi connectivity index (χ2v) is 4.29. The van der Waals surface area contributed by atoms with Gasteiger partial charge < -0.3 is 0 Å². The van der Waals surface area contributed by atoms with E-state index in [9.17, 15) is 9.18 Å². The van der Waals surface area contributed by atoms with Crippen LogP contribution in [0.1, 0.15) is 10.4 Å². The fourth-order valence-electron chi connectivity index (χ4n) is 1.60. The maximum Gasteiger partial charge on any atom is 0.153 e. The highest BCUT2D eigenvalue weighted by Crippen LogP contribution is 2.32. The van der Waals surface area contributed by atoms with Gasteiger partial charge in [0, 0.05) is 15.6 Å². The largest absolute Gasteiger partial charge is 0.298 e. The molecular weight excluding hydrogens is 262 g/mol. The van der Waals surface area contributed by atoms with Crippen LogP contribution < -0.4 is 0 Å². The molecule has 17 heavy (non-hydrogen) atoms. The highest BCUT2D eigenvalue weighted by molar-refractivity contribution is 6.36. The van der Waals surface area contributed by atoms with Crippen LogP contribution in [-0.4, -0.2) is 6.29 Å². The normalized spacial score (nSPS) is 10.3. The molecule has 0 bridgehead atoms. The van der Waals surface area contributed by atoms with Gasteiger partial charge in [0.15, 0.2) is 6.29 Å². The zero-order valence-electron chi connectivity index (χ0n) is 8.58. The van der Waals surface area contributed by atoms with Crippen LogP contribution in [0.2, 0.25) is 10.0 Å². The van der Waals surface area contributed by atoms with Crippen LogP contribution in [-0.2, 0) is 0 Å². The molecule has 0 saturated carbocycles. The van der Waals surface area contributed by atoms with Gasteiger partial charge in [-0.2, -0.15) is 0 Å². The van der Waals surface area contributed by atoms with E-state index < -0.39 is 5.82 Å². The lowest BCUT2D eigenvalue weighted by Gasteiger charge is -2.08.